The molecule has 0 bridgehead atoms. The first-order valence-electron chi connectivity index (χ1n) is 4.81. The van der Waals surface area contributed by atoms with Gasteiger partial charge < -0.3 is 5.73 Å². The van der Waals surface area contributed by atoms with Gasteiger partial charge >= 0.3 is 0 Å². The monoisotopic (exact) mass is 222 g/mol. The maximum Gasteiger partial charge on any atom is 0.231 e. The lowest BCUT2D eigenvalue weighted by Crippen LogP contribution is -2.00. The number of nitrogens with two attached hydrogens (primary N) is 1. The zero-order valence-electron chi connectivity index (χ0n) is 8.00. The molecule has 78 valence electrons. The van der Waals surface area contributed by atoms with Gasteiger partial charge in [0.2, 0.25) is 5.13 Å². The smallest absolute Gasteiger partial charge is 0.231 e. The van der Waals surface area contributed by atoms with Gasteiger partial charge in [-0.25, -0.2) is 9.97 Å². The lowest BCUT2D eigenvalue weighted by Gasteiger charge is -1.90. The Balaban J connectivity index is 1.90. The molecule has 0 saturated heterocycles. The summed E-state index contributed by atoms with van der Waals surface area (Å²) in [4.78, 5) is 8.46. The molecule has 2 heterocycles. The second-order valence-electron chi connectivity index (χ2n) is 3.52. The standard InChI is InChI=1S/C8H10N6S/c9-3-6-10-4-14(12-6)8-11-7(13-15-8)5-1-2-5/h4-5H,1-3,9H2. The summed E-state index contributed by atoms with van der Waals surface area (Å²) in [6, 6.07) is 0. The average molecular weight is 222 g/mol. The highest BCUT2D eigenvalue weighted by Gasteiger charge is 2.28. The van der Waals surface area contributed by atoms with Crippen LogP contribution in [0.4, 0.5) is 0 Å². The summed E-state index contributed by atoms with van der Waals surface area (Å²) in [6.07, 6.45) is 4.04. The maximum atomic E-state index is 5.43. The molecule has 0 amide bonds. The number of hydrogen-bond acceptors (Lipinski definition) is 6. The van der Waals surface area contributed by atoms with Gasteiger partial charge in [-0.15, -0.1) is 5.10 Å². The molecular weight excluding hydrogens is 212 g/mol. The third-order valence-electron chi connectivity index (χ3n) is 2.29. The first-order chi connectivity index (χ1) is 7.36. The molecule has 1 fully saturated rings. The van der Waals surface area contributed by atoms with Gasteiger partial charge in [-0.1, -0.05) is 0 Å². The molecule has 0 radical (unpaired) electrons. The molecule has 3 rings (SSSR count). The summed E-state index contributed by atoms with van der Waals surface area (Å²) in [5.41, 5.74) is 5.43. The highest BCUT2D eigenvalue weighted by Crippen LogP contribution is 2.38. The van der Waals surface area contributed by atoms with Gasteiger partial charge in [0.1, 0.15) is 12.2 Å². The van der Waals surface area contributed by atoms with Crippen LogP contribution in [0.1, 0.15) is 30.4 Å². The summed E-state index contributed by atoms with van der Waals surface area (Å²) in [5, 5.41) is 4.95. The van der Waals surface area contributed by atoms with Crippen LogP contribution in [0.15, 0.2) is 6.33 Å². The molecule has 0 spiro atoms. The Morgan fingerprint density at radius 1 is 1.53 bits per heavy atom. The van der Waals surface area contributed by atoms with E-state index >= 15 is 0 Å². The Morgan fingerprint density at radius 3 is 3.07 bits per heavy atom. The summed E-state index contributed by atoms with van der Waals surface area (Å²) >= 11 is 1.35. The number of rotatable bonds is 3. The van der Waals surface area contributed by atoms with E-state index in [1.54, 1.807) is 11.0 Å². The fraction of sp³-hybridized carbons (Fsp3) is 0.500. The zero-order valence-corrected chi connectivity index (χ0v) is 8.81. The molecule has 0 aliphatic heterocycles. The van der Waals surface area contributed by atoms with E-state index in [4.69, 9.17) is 5.73 Å². The fourth-order valence-corrected chi connectivity index (χ4v) is 1.98. The molecule has 1 aliphatic rings. The van der Waals surface area contributed by atoms with Crippen molar-refractivity contribution in [2.24, 2.45) is 5.73 Å². The summed E-state index contributed by atoms with van der Waals surface area (Å²) in [7, 11) is 0. The van der Waals surface area contributed by atoms with Gasteiger partial charge in [0.25, 0.3) is 0 Å². The highest BCUT2D eigenvalue weighted by atomic mass is 32.1. The molecule has 7 heteroatoms. The molecule has 15 heavy (non-hydrogen) atoms. The second-order valence-corrected chi connectivity index (χ2v) is 4.25. The van der Waals surface area contributed by atoms with Crippen molar-refractivity contribution in [2.75, 3.05) is 0 Å². The van der Waals surface area contributed by atoms with E-state index in [0.29, 0.717) is 18.3 Å². The topological polar surface area (TPSA) is 82.5 Å². The van der Waals surface area contributed by atoms with E-state index in [0.717, 1.165) is 11.0 Å². The van der Waals surface area contributed by atoms with Gasteiger partial charge in [0, 0.05) is 17.5 Å². The first kappa shape index (κ1) is 8.93. The van der Waals surface area contributed by atoms with Crippen LogP contribution in [-0.4, -0.2) is 24.1 Å². The van der Waals surface area contributed by atoms with Crippen LogP contribution in [0.2, 0.25) is 0 Å². The highest BCUT2D eigenvalue weighted by molar-refractivity contribution is 7.08. The molecule has 0 aromatic carbocycles. The molecule has 0 unspecified atom stereocenters. The Morgan fingerprint density at radius 2 is 2.40 bits per heavy atom. The Labute approximate surface area is 90.3 Å². The predicted molar refractivity (Wildman–Crippen MR) is 54.7 cm³/mol. The molecular formula is C8H10N6S. The lowest BCUT2D eigenvalue weighted by atomic mass is 10.4. The number of nitrogens with zero attached hydrogens (tertiary/aromatic N) is 5. The van der Waals surface area contributed by atoms with E-state index in [1.165, 1.54) is 24.4 Å². The van der Waals surface area contributed by atoms with Crippen LogP contribution < -0.4 is 5.73 Å². The molecule has 1 saturated carbocycles. The normalized spacial score (nSPS) is 15.8. The van der Waals surface area contributed by atoms with Crippen molar-refractivity contribution >= 4 is 11.5 Å². The molecule has 0 atom stereocenters. The molecule has 2 aromatic heterocycles. The van der Waals surface area contributed by atoms with Crippen molar-refractivity contribution in [1.29, 1.82) is 0 Å². The quantitative estimate of drug-likeness (QED) is 0.815. The van der Waals surface area contributed by atoms with Crippen LogP contribution >= 0.6 is 11.5 Å². The predicted octanol–water partition coefficient (Wildman–Crippen LogP) is 0.455. The lowest BCUT2D eigenvalue weighted by molar-refractivity contribution is 0.815. The fourth-order valence-electron chi connectivity index (χ4n) is 1.31. The zero-order chi connectivity index (χ0) is 10.3. The number of hydrogen-bond donors (Lipinski definition) is 1. The van der Waals surface area contributed by atoms with E-state index in [1.807, 2.05) is 0 Å². The van der Waals surface area contributed by atoms with Gasteiger partial charge in [0.15, 0.2) is 5.82 Å². The SMILES string of the molecule is NCc1ncn(-c2nc(C3CC3)ns2)n1. The van der Waals surface area contributed by atoms with Gasteiger partial charge in [-0.05, 0) is 12.8 Å². The van der Waals surface area contributed by atoms with Crippen molar-refractivity contribution in [3.63, 3.8) is 0 Å². The minimum absolute atomic E-state index is 0.348. The van der Waals surface area contributed by atoms with E-state index < -0.39 is 0 Å². The van der Waals surface area contributed by atoms with Crippen LogP contribution in [0.3, 0.4) is 0 Å². The average Bonchev–Trinajstić information content (AvgIpc) is 2.84. The summed E-state index contributed by atoms with van der Waals surface area (Å²) in [5.74, 6) is 2.14. The van der Waals surface area contributed by atoms with Crippen molar-refractivity contribution in [3.8, 4) is 5.13 Å². The van der Waals surface area contributed by atoms with Gasteiger partial charge in [-0.3, -0.25) is 0 Å². The van der Waals surface area contributed by atoms with Crippen molar-refractivity contribution in [3.05, 3.63) is 18.0 Å². The van der Waals surface area contributed by atoms with E-state index in [2.05, 4.69) is 19.4 Å². The van der Waals surface area contributed by atoms with Crippen LogP contribution in [0.5, 0.6) is 0 Å². The molecule has 2 aromatic rings. The van der Waals surface area contributed by atoms with Crippen LogP contribution in [0.25, 0.3) is 5.13 Å². The van der Waals surface area contributed by atoms with Gasteiger partial charge in [-0.2, -0.15) is 9.06 Å². The van der Waals surface area contributed by atoms with E-state index in [9.17, 15) is 0 Å². The number of aromatic nitrogens is 5. The maximum absolute atomic E-state index is 5.43. The molecule has 2 N–H and O–H groups in total. The largest absolute Gasteiger partial charge is 0.324 e. The third-order valence-corrected chi connectivity index (χ3v) is 3.01. The molecule has 1 aliphatic carbocycles. The minimum atomic E-state index is 0.348. The molecule has 6 nitrogen and oxygen atoms in total. The first-order valence-corrected chi connectivity index (χ1v) is 5.59. The van der Waals surface area contributed by atoms with Crippen molar-refractivity contribution in [2.45, 2.75) is 25.3 Å². The van der Waals surface area contributed by atoms with Crippen LogP contribution in [-0.2, 0) is 6.54 Å². The summed E-state index contributed by atoms with van der Waals surface area (Å²) in [6.45, 7) is 0.348. The van der Waals surface area contributed by atoms with E-state index in [-0.39, 0.29) is 0 Å². The second kappa shape index (κ2) is 3.35. The Hall–Kier alpha value is -1.34. The summed E-state index contributed by atoms with van der Waals surface area (Å²) < 4.78 is 5.93. The van der Waals surface area contributed by atoms with Crippen molar-refractivity contribution in [1.82, 2.24) is 24.1 Å². The van der Waals surface area contributed by atoms with Gasteiger partial charge in [0.05, 0.1) is 6.54 Å². The third kappa shape index (κ3) is 1.64. The Kier molecular flexibility index (Phi) is 2.00. The minimum Gasteiger partial charge on any atom is -0.324 e. The van der Waals surface area contributed by atoms with Crippen molar-refractivity contribution < 1.29 is 0 Å². The van der Waals surface area contributed by atoms with Crippen LogP contribution in [0, 0.1) is 0 Å². The Bertz CT molecular complexity index is 471.